The second-order valence-corrected chi connectivity index (χ2v) is 9.24. The van der Waals surface area contributed by atoms with Crippen molar-refractivity contribution in [2.75, 3.05) is 11.6 Å². The Hall–Kier alpha value is -2.15. The number of aromatic nitrogens is 2. The smallest absolute Gasteiger partial charge is 0.243 e. The zero-order valence-electron chi connectivity index (χ0n) is 14.6. The van der Waals surface area contributed by atoms with Gasteiger partial charge in [0.05, 0.1) is 11.4 Å². The van der Waals surface area contributed by atoms with Crippen LogP contribution in [0.1, 0.15) is 33.4 Å². The van der Waals surface area contributed by atoms with E-state index in [2.05, 4.69) is 10.4 Å². The summed E-state index contributed by atoms with van der Waals surface area (Å²) in [5.41, 5.74) is 1.38. The summed E-state index contributed by atoms with van der Waals surface area (Å²) in [6, 6.07) is 11.2. The molecule has 0 aliphatic heterocycles. The number of nitrogens with zero attached hydrogens (tertiary/aromatic N) is 2. The Morgan fingerprint density at radius 2 is 1.79 bits per heavy atom. The second-order valence-electron chi connectivity index (χ2n) is 6.87. The Morgan fingerprint density at radius 1 is 1.21 bits per heavy atom. The lowest BCUT2D eigenvalue weighted by Gasteiger charge is -2.14. The van der Waals surface area contributed by atoms with Gasteiger partial charge < -0.3 is 5.32 Å². The average Bonchev–Trinajstić information content (AvgIpc) is 2.90. The van der Waals surface area contributed by atoms with E-state index in [0.717, 1.165) is 17.6 Å². The van der Waals surface area contributed by atoms with Crippen molar-refractivity contribution in [3.05, 3.63) is 42.1 Å². The predicted molar refractivity (Wildman–Crippen MR) is 95.2 cm³/mol. The molecule has 7 heteroatoms. The molecule has 2 rings (SSSR count). The van der Waals surface area contributed by atoms with E-state index in [1.54, 1.807) is 10.7 Å². The van der Waals surface area contributed by atoms with Gasteiger partial charge in [-0.25, -0.2) is 13.1 Å². The molecule has 6 nitrogen and oxygen atoms in total. The van der Waals surface area contributed by atoms with Crippen molar-refractivity contribution in [1.82, 2.24) is 9.78 Å². The van der Waals surface area contributed by atoms with E-state index in [4.69, 9.17) is 0 Å². The fourth-order valence-corrected chi connectivity index (χ4v) is 2.47. The number of hydrogen-bond acceptors (Lipinski definition) is 4. The first-order valence-corrected chi connectivity index (χ1v) is 9.61. The van der Waals surface area contributed by atoms with Gasteiger partial charge in [0.25, 0.3) is 0 Å². The van der Waals surface area contributed by atoms with Gasteiger partial charge in [0.2, 0.25) is 5.91 Å². The van der Waals surface area contributed by atoms with Crippen LogP contribution in [0.15, 0.2) is 36.4 Å². The molecule has 0 radical (unpaired) electrons. The minimum absolute atomic E-state index is 0.206. The van der Waals surface area contributed by atoms with Crippen LogP contribution in [0, 0.1) is 0 Å². The van der Waals surface area contributed by atoms with E-state index < -0.39 is 21.0 Å². The Kier molecular flexibility index (Phi) is 4.85. The SMILES string of the molecule is C[C@@H](C(=O)Nc1cc(C(C)(C)C)nn1-c1ccccc1)S(C)(=O)=O. The van der Waals surface area contributed by atoms with Crippen molar-refractivity contribution in [2.24, 2.45) is 0 Å². The van der Waals surface area contributed by atoms with Gasteiger partial charge in [-0.15, -0.1) is 0 Å². The van der Waals surface area contributed by atoms with E-state index in [0.29, 0.717) is 5.82 Å². The summed E-state index contributed by atoms with van der Waals surface area (Å²) < 4.78 is 24.8. The molecule has 0 saturated heterocycles. The zero-order valence-corrected chi connectivity index (χ0v) is 15.4. The van der Waals surface area contributed by atoms with Crippen LogP contribution in [-0.4, -0.2) is 35.6 Å². The molecule has 0 spiro atoms. The number of anilines is 1. The topological polar surface area (TPSA) is 81.1 Å². The lowest BCUT2D eigenvalue weighted by atomic mass is 9.92. The number of benzene rings is 1. The van der Waals surface area contributed by atoms with Crippen LogP contribution in [0.4, 0.5) is 5.82 Å². The van der Waals surface area contributed by atoms with Crippen LogP contribution in [0.5, 0.6) is 0 Å². The molecule has 1 atom stereocenters. The number of hydrogen-bond donors (Lipinski definition) is 1. The van der Waals surface area contributed by atoms with Gasteiger partial charge in [0, 0.05) is 17.7 Å². The average molecular weight is 349 g/mol. The third-order valence-electron chi connectivity index (χ3n) is 3.74. The van der Waals surface area contributed by atoms with Gasteiger partial charge >= 0.3 is 0 Å². The molecular formula is C17H23N3O3S. The van der Waals surface area contributed by atoms with Crippen molar-refractivity contribution >= 4 is 21.6 Å². The first kappa shape index (κ1) is 18.2. The summed E-state index contributed by atoms with van der Waals surface area (Å²) >= 11 is 0. The minimum Gasteiger partial charge on any atom is -0.309 e. The molecule has 2 aromatic rings. The van der Waals surface area contributed by atoms with E-state index in [1.807, 2.05) is 51.1 Å². The number of para-hydroxylation sites is 1. The maximum Gasteiger partial charge on any atom is 0.243 e. The summed E-state index contributed by atoms with van der Waals surface area (Å²) in [6.45, 7) is 7.44. The van der Waals surface area contributed by atoms with Crippen molar-refractivity contribution in [2.45, 2.75) is 38.4 Å². The molecule has 1 amide bonds. The fraction of sp³-hybridized carbons (Fsp3) is 0.412. The molecule has 0 aliphatic carbocycles. The summed E-state index contributed by atoms with van der Waals surface area (Å²) in [5.74, 6) is -0.123. The number of rotatable bonds is 4. The largest absolute Gasteiger partial charge is 0.309 e. The fourth-order valence-electron chi connectivity index (χ4n) is 2.02. The monoisotopic (exact) mass is 349 g/mol. The van der Waals surface area contributed by atoms with Crippen molar-refractivity contribution in [1.29, 1.82) is 0 Å². The molecular weight excluding hydrogens is 326 g/mol. The van der Waals surface area contributed by atoms with Crippen LogP contribution in [0.25, 0.3) is 5.69 Å². The maximum atomic E-state index is 12.3. The summed E-state index contributed by atoms with van der Waals surface area (Å²) in [4.78, 5) is 12.3. The third kappa shape index (κ3) is 4.03. The lowest BCUT2D eigenvalue weighted by molar-refractivity contribution is -0.115. The number of carbonyl (C=O) groups excluding carboxylic acids is 1. The number of sulfone groups is 1. The van der Waals surface area contributed by atoms with E-state index in [9.17, 15) is 13.2 Å². The standard InChI is InChI=1S/C17H23N3O3S/c1-12(24(5,22)23)16(21)18-15-11-14(17(2,3)4)19-20(15)13-9-7-6-8-10-13/h6-12H,1-5H3,(H,18,21)/t12-/m0/s1. The summed E-state index contributed by atoms with van der Waals surface area (Å²) in [7, 11) is -3.46. The normalized spacial score (nSPS) is 13.5. The van der Waals surface area contributed by atoms with E-state index >= 15 is 0 Å². The zero-order chi connectivity index (χ0) is 18.1. The molecule has 1 N–H and O–H groups in total. The van der Waals surface area contributed by atoms with E-state index in [1.165, 1.54) is 6.92 Å². The Morgan fingerprint density at radius 3 is 2.29 bits per heavy atom. The van der Waals surface area contributed by atoms with Gasteiger partial charge in [-0.2, -0.15) is 5.10 Å². The van der Waals surface area contributed by atoms with E-state index in [-0.39, 0.29) is 5.41 Å². The number of carbonyl (C=O) groups is 1. The first-order chi connectivity index (χ1) is 11.0. The third-order valence-corrected chi connectivity index (χ3v) is 5.24. The molecule has 1 heterocycles. The number of amides is 1. The van der Waals surface area contributed by atoms with Crippen LogP contribution < -0.4 is 5.32 Å². The van der Waals surface area contributed by atoms with Crippen molar-refractivity contribution < 1.29 is 13.2 Å². The highest BCUT2D eigenvalue weighted by atomic mass is 32.2. The highest BCUT2D eigenvalue weighted by Crippen LogP contribution is 2.26. The summed E-state index contributed by atoms with van der Waals surface area (Å²) in [5, 5.41) is 6.14. The molecule has 1 aromatic heterocycles. The second kappa shape index (κ2) is 6.39. The molecule has 24 heavy (non-hydrogen) atoms. The van der Waals surface area contributed by atoms with Gasteiger partial charge in [0.15, 0.2) is 9.84 Å². The van der Waals surface area contributed by atoms with Gasteiger partial charge in [-0.3, -0.25) is 4.79 Å². The molecule has 0 saturated carbocycles. The molecule has 1 aromatic carbocycles. The van der Waals surface area contributed by atoms with Crippen LogP contribution >= 0.6 is 0 Å². The Labute approximate surface area is 142 Å². The van der Waals surface area contributed by atoms with Gasteiger partial charge in [-0.1, -0.05) is 39.0 Å². The van der Waals surface area contributed by atoms with Crippen molar-refractivity contribution in [3.8, 4) is 5.69 Å². The predicted octanol–water partition coefficient (Wildman–Crippen LogP) is 2.54. The van der Waals surface area contributed by atoms with Gasteiger partial charge in [-0.05, 0) is 19.1 Å². The molecule has 0 bridgehead atoms. The highest BCUT2D eigenvalue weighted by Gasteiger charge is 2.26. The van der Waals surface area contributed by atoms with Crippen LogP contribution in [0.2, 0.25) is 0 Å². The van der Waals surface area contributed by atoms with Crippen molar-refractivity contribution in [3.63, 3.8) is 0 Å². The van der Waals surface area contributed by atoms with Crippen LogP contribution in [-0.2, 0) is 20.0 Å². The van der Waals surface area contributed by atoms with Gasteiger partial charge in [0.1, 0.15) is 11.1 Å². The lowest BCUT2D eigenvalue weighted by Crippen LogP contribution is -2.32. The molecule has 130 valence electrons. The summed E-state index contributed by atoms with van der Waals surface area (Å²) in [6.07, 6.45) is 1.05. The number of nitrogens with one attached hydrogen (secondary N) is 1. The minimum atomic E-state index is -3.46. The molecule has 0 fully saturated rings. The molecule has 0 aliphatic rings. The molecule has 0 unspecified atom stereocenters. The maximum absolute atomic E-state index is 12.3. The highest BCUT2D eigenvalue weighted by molar-refractivity contribution is 7.92. The Balaban J connectivity index is 2.45. The quantitative estimate of drug-likeness (QED) is 0.920. The van der Waals surface area contributed by atoms with Crippen LogP contribution in [0.3, 0.4) is 0 Å². The first-order valence-electron chi connectivity index (χ1n) is 7.66. The Bertz CT molecular complexity index is 834.